The first-order valence-electron chi connectivity index (χ1n) is 10.5. The van der Waals surface area contributed by atoms with Crippen LogP contribution in [-0.4, -0.2) is 31.8 Å². The first-order chi connectivity index (χ1) is 14.8. The Morgan fingerprint density at radius 3 is 2.23 bits per heavy atom. The molecule has 0 saturated carbocycles. The smallest absolute Gasteiger partial charge is 0.331 e. The number of nitrogens with one attached hydrogen (secondary N) is 1. The second kappa shape index (κ2) is 11.3. The van der Waals surface area contributed by atoms with Gasteiger partial charge in [-0.15, -0.1) is 0 Å². The highest BCUT2D eigenvalue weighted by Gasteiger charge is 2.21. The molecule has 2 aromatic rings. The second-order valence-electron chi connectivity index (χ2n) is 7.46. The maximum Gasteiger partial charge on any atom is 0.331 e. The highest BCUT2D eigenvalue weighted by Crippen LogP contribution is 2.44. The molecule has 0 aliphatic rings. The molecule has 0 fully saturated rings. The van der Waals surface area contributed by atoms with E-state index in [1.807, 2.05) is 26.0 Å². The van der Waals surface area contributed by atoms with Gasteiger partial charge in [0.1, 0.15) is 11.5 Å². The summed E-state index contributed by atoms with van der Waals surface area (Å²) in [7, 11) is 3.23. The van der Waals surface area contributed by atoms with Crippen molar-refractivity contribution < 1.29 is 19.4 Å². The molecule has 0 atom stereocenters. The fourth-order valence-corrected chi connectivity index (χ4v) is 3.58. The third-order valence-corrected chi connectivity index (χ3v) is 5.26. The number of aliphatic carboxylic acids is 1. The van der Waals surface area contributed by atoms with Crippen LogP contribution in [0.2, 0.25) is 0 Å². The van der Waals surface area contributed by atoms with Crippen molar-refractivity contribution >= 4 is 17.7 Å². The Morgan fingerprint density at radius 2 is 1.68 bits per heavy atom. The number of unbranched alkanes of at least 4 members (excludes halogenated alkanes) is 1. The second-order valence-corrected chi connectivity index (χ2v) is 7.46. The minimum absolute atomic E-state index is 0.235. The first-order valence-corrected chi connectivity index (χ1v) is 10.5. The van der Waals surface area contributed by atoms with Crippen LogP contribution in [0.3, 0.4) is 0 Å². The molecule has 0 amide bonds. The topological polar surface area (TPSA) is 67.8 Å². The van der Waals surface area contributed by atoms with Crippen LogP contribution in [-0.2, 0) is 4.79 Å². The summed E-state index contributed by atoms with van der Waals surface area (Å²) in [5.41, 5.74) is 5.68. The molecule has 2 rings (SSSR count). The Bertz CT molecular complexity index is 972. The summed E-state index contributed by atoms with van der Waals surface area (Å²) in [4.78, 5) is 11.4. The van der Waals surface area contributed by atoms with E-state index in [1.165, 1.54) is 0 Å². The van der Waals surface area contributed by atoms with Gasteiger partial charge in [0.2, 0.25) is 0 Å². The number of rotatable bonds is 10. The van der Waals surface area contributed by atoms with Crippen LogP contribution in [0.25, 0.3) is 17.2 Å². The number of hydrogen-bond acceptors (Lipinski definition) is 4. The van der Waals surface area contributed by atoms with Crippen molar-refractivity contribution in [3.63, 3.8) is 0 Å². The van der Waals surface area contributed by atoms with Gasteiger partial charge in [-0.2, -0.15) is 0 Å². The van der Waals surface area contributed by atoms with Gasteiger partial charge in [0.25, 0.3) is 0 Å². The van der Waals surface area contributed by atoms with Crippen LogP contribution in [0.5, 0.6) is 11.5 Å². The molecule has 0 bridgehead atoms. The highest BCUT2D eigenvalue weighted by atomic mass is 16.5. The quantitative estimate of drug-likeness (QED) is 0.349. The fraction of sp³-hybridized carbons (Fsp3) is 0.346. The van der Waals surface area contributed by atoms with Crippen LogP contribution in [0.1, 0.15) is 43.4 Å². The number of methoxy groups -OCH3 is 2. The minimum atomic E-state index is -0.963. The van der Waals surface area contributed by atoms with Gasteiger partial charge in [-0.1, -0.05) is 37.6 Å². The molecular weight excluding hydrogens is 390 g/mol. The zero-order chi connectivity index (χ0) is 23.0. The zero-order valence-electron chi connectivity index (χ0n) is 19.3. The highest BCUT2D eigenvalue weighted by molar-refractivity contribution is 5.93. The maximum absolute atomic E-state index is 11.4. The van der Waals surface area contributed by atoms with Crippen LogP contribution in [0.15, 0.2) is 42.0 Å². The summed E-state index contributed by atoms with van der Waals surface area (Å²) in [6, 6.07) is 8.21. The van der Waals surface area contributed by atoms with E-state index in [0.29, 0.717) is 11.5 Å². The third kappa shape index (κ3) is 5.69. The molecule has 0 radical (unpaired) electrons. The summed E-state index contributed by atoms with van der Waals surface area (Å²) in [5, 5.41) is 12.7. The Kier molecular flexibility index (Phi) is 8.74. The predicted octanol–water partition coefficient (Wildman–Crippen LogP) is 6.24. The van der Waals surface area contributed by atoms with Crippen molar-refractivity contribution in [3.05, 3.63) is 58.7 Å². The van der Waals surface area contributed by atoms with Gasteiger partial charge in [0.15, 0.2) is 0 Å². The van der Waals surface area contributed by atoms with E-state index >= 15 is 0 Å². The molecular formula is C26H33NO4. The van der Waals surface area contributed by atoms with Crippen LogP contribution in [0, 0.1) is 13.8 Å². The summed E-state index contributed by atoms with van der Waals surface area (Å²) in [6.07, 6.45) is 8.21. The van der Waals surface area contributed by atoms with E-state index in [0.717, 1.165) is 52.9 Å². The summed E-state index contributed by atoms with van der Waals surface area (Å²) >= 11 is 0. The van der Waals surface area contributed by atoms with Crippen molar-refractivity contribution in [3.8, 4) is 22.6 Å². The largest absolute Gasteiger partial charge is 0.496 e. The van der Waals surface area contributed by atoms with Gasteiger partial charge >= 0.3 is 5.97 Å². The van der Waals surface area contributed by atoms with E-state index in [-0.39, 0.29) is 5.57 Å². The molecule has 0 aromatic heterocycles. The van der Waals surface area contributed by atoms with Crippen molar-refractivity contribution in [2.75, 3.05) is 26.1 Å². The normalized spacial score (nSPS) is 11.6. The summed E-state index contributed by atoms with van der Waals surface area (Å²) in [5.74, 6) is 0.401. The van der Waals surface area contributed by atoms with Crippen molar-refractivity contribution in [2.24, 2.45) is 0 Å². The van der Waals surface area contributed by atoms with Crippen molar-refractivity contribution in [1.29, 1.82) is 0 Å². The van der Waals surface area contributed by atoms with Crippen LogP contribution in [0.4, 0.5) is 5.69 Å². The van der Waals surface area contributed by atoms with Gasteiger partial charge in [-0.3, -0.25) is 0 Å². The van der Waals surface area contributed by atoms with Gasteiger partial charge < -0.3 is 19.9 Å². The molecule has 0 aliphatic carbocycles. The van der Waals surface area contributed by atoms with Crippen LogP contribution >= 0.6 is 0 Å². The third-order valence-electron chi connectivity index (χ3n) is 5.26. The standard InChI is InChI=1S/C26H33NO4/c1-7-8-9-10-15-27-21-13-11-20(12-14-21)23-19(4)24(30-5)22(16-17(2)26(28)29)18(3)25(23)31-6/h9-14,16,27H,7-8,15H2,1-6H3,(H,28,29). The first kappa shape index (κ1) is 24.1. The van der Waals surface area contributed by atoms with E-state index < -0.39 is 5.97 Å². The summed E-state index contributed by atoms with van der Waals surface area (Å²) < 4.78 is 11.5. The number of anilines is 1. The van der Waals surface area contributed by atoms with E-state index in [1.54, 1.807) is 27.2 Å². The Balaban J connectivity index is 2.48. The molecule has 2 aromatic carbocycles. The Hall–Kier alpha value is -3.21. The lowest BCUT2D eigenvalue weighted by Gasteiger charge is -2.21. The molecule has 0 spiro atoms. The van der Waals surface area contributed by atoms with Gasteiger partial charge in [-0.25, -0.2) is 4.79 Å². The number of benzene rings is 2. The molecule has 0 aliphatic heterocycles. The lowest BCUT2D eigenvalue weighted by Crippen LogP contribution is -2.03. The number of carboxylic acid groups (broad SMARTS) is 1. The monoisotopic (exact) mass is 423 g/mol. The van der Waals surface area contributed by atoms with Crippen molar-refractivity contribution in [2.45, 2.75) is 40.5 Å². The molecule has 0 unspecified atom stereocenters. The molecule has 0 heterocycles. The number of allylic oxidation sites excluding steroid dienone is 1. The average molecular weight is 424 g/mol. The van der Waals surface area contributed by atoms with Gasteiger partial charge in [-0.05, 0) is 51.0 Å². The van der Waals surface area contributed by atoms with E-state index in [2.05, 4.69) is 36.5 Å². The molecule has 166 valence electrons. The number of ether oxygens (including phenoxy) is 2. The lowest BCUT2D eigenvalue weighted by molar-refractivity contribution is -0.132. The zero-order valence-corrected chi connectivity index (χ0v) is 19.3. The van der Waals surface area contributed by atoms with E-state index in [9.17, 15) is 9.90 Å². The SMILES string of the molecule is CCCC=CCNc1ccc(-c2c(C)c(OC)c(C=C(C)C(=O)O)c(C)c2OC)cc1. The van der Waals surface area contributed by atoms with Crippen LogP contribution < -0.4 is 14.8 Å². The minimum Gasteiger partial charge on any atom is -0.496 e. The number of carboxylic acids is 1. The molecule has 0 saturated heterocycles. The molecule has 31 heavy (non-hydrogen) atoms. The molecule has 2 N–H and O–H groups in total. The van der Waals surface area contributed by atoms with Crippen molar-refractivity contribution in [1.82, 2.24) is 0 Å². The number of hydrogen-bond donors (Lipinski definition) is 2. The Morgan fingerprint density at radius 1 is 1.03 bits per heavy atom. The fourth-order valence-electron chi connectivity index (χ4n) is 3.58. The number of carbonyl (C=O) groups is 1. The summed E-state index contributed by atoms with van der Waals surface area (Å²) in [6.45, 7) is 8.41. The van der Waals surface area contributed by atoms with E-state index in [4.69, 9.17) is 9.47 Å². The predicted molar refractivity (Wildman–Crippen MR) is 128 cm³/mol. The molecule has 5 nitrogen and oxygen atoms in total. The van der Waals surface area contributed by atoms with Gasteiger partial charge in [0.05, 0.1) is 14.2 Å². The average Bonchev–Trinajstić information content (AvgIpc) is 2.76. The van der Waals surface area contributed by atoms with Gasteiger partial charge in [0, 0.05) is 40.1 Å². The maximum atomic E-state index is 11.4. The molecule has 5 heteroatoms. The Labute approximate surface area is 185 Å². The lowest BCUT2D eigenvalue weighted by atomic mass is 9.91.